The van der Waals surface area contributed by atoms with E-state index in [1.807, 2.05) is 41.3 Å². The molecule has 0 N–H and O–H groups in total. The fourth-order valence-electron chi connectivity index (χ4n) is 3.17. The van der Waals surface area contributed by atoms with Crippen molar-refractivity contribution >= 4 is 39.2 Å². The molecule has 8 heteroatoms. The average Bonchev–Trinajstić information content (AvgIpc) is 2.89. The number of thioether (sulfide) groups is 1. The summed E-state index contributed by atoms with van der Waals surface area (Å²) < 4.78 is 2.75. The standard InChI is InChI=1S/C19H20BrN5OS/c20-15-7-5-14(6-8-15)16-9-10-17-21-22-19(25(17)23-16)27-13-18(26)24-11-3-1-2-4-12-24/h5-10H,1-4,11-13H2. The minimum atomic E-state index is 0.169. The third kappa shape index (κ3) is 4.32. The van der Waals surface area contributed by atoms with Crippen molar-refractivity contribution in [1.29, 1.82) is 0 Å². The number of hydrogen-bond donors (Lipinski definition) is 0. The molecule has 0 spiro atoms. The van der Waals surface area contributed by atoms with Crippen LogP contribution in [0.1, 0.15) is 25.7 Å². The fourth-order valence-corrected chi connectivity index (χ4v) is 4.23. The van der Waals surface area contributed by atoms with E-state index in [1.165, 1.54) is 24.6 Å². The van der Waals surface area contributed by atoms with Gasteiger partial charge in [0, 0.05) is 23.1 Å². The van der Waals surface area contributed by atoms with Gasteiger partial charge in [0.25, 0.3) is 0 Å². The molecule has 0 bridgehead atoms. The number of hydrogen-bond acceptors (Lipinski definition) is 5. The number of halogens is 1. The Hall–Kier alpha value is -1.93. The van der Waals surface area contributed by atoms with E-state index in [0.29, 0.717) is 16.6 Å². The Kier molecular flexibility index (Phi) is 5.73. The molecule has 0 saturated carbocycles. The van der Waals surface area contributed by atoms with E-state index in [2.05, 4.69) is 31.2 Å². The Bertz CT molecular complexity index is 935. The number of likely N-dealkylation sites (tertiary alicyclic amines) is 1. The lowest BCUT2D eigenvalue weighted by Gasteiger charge is -2.19. The van der Waals surface area contributed by atoms with Crippen molar-refractivity contribution in [3.63, 3.8) is 0 Å². The molecule has 0 unspecified atom stereocenters. The Labute approximate surface area is 170 Å². The first-order chi connectivity index (χ1) is 13.2. The Morgan fingerprint density at radius 3 is 2.48 bits per heavy atom. The van der Waals surface area contributed by atoms with Gasteiger partial charge < -0.3 is 4.90 Å². The van der Waals surface area contributed by atoms with Crippen molar-refractivity contribution in [2.24, 2.45) is 0 Å². The second-order valence-corrected chi connectivity index (χ2v) is 8.42. The van der Waals surface area contributed by atoms with E-state index in [9.17, 15) is 4.79 Å². The predicted octanol–water partition coefficient (Wildman–Crippen LogP) is 4.05. The summed E-state index contributed by atoms with van der Waals surface area (Å²) in [7, 11) is 0. The van der Waals surface area contributed by atoms with Gasteiger partial charge in [0.1, 0.15) is 0 Å². The monoisotopic (exact) mass is 445 g/mol. The van der Waals surface area contributed by atoms with Crippen LogP contribution in [-0.2, 0) is 4.79 Å². The van der Waals surface area contributed by atoms with Gasteiger partial charge in [-0.05, 0) is 37.1 Å². The van der Waals surface area contributed by atoms with Crippen molar-refractivity contribution < 1.29 is 4.79 Å². The van der Waals surface area contributed by atoms with Crippen molar-refractivity contribution in [2.45, 2.75) is 30.8 Å². The summed E-state index contributed by atoms with van der Waals surface area (Å²) in [5.74, 6) is 0.535. The highest BCUT2D eigenvalue weighted by Gasteiger charge is 2.17. The summed E-state index contributed by atoms with van der Waals surface area (Å²) in [5.41, 5.74) is 2.54. The summed E-state index contributed by atoms with van der Waals surface area (Å²) in [6.45, 7) is 1.73. The van der Waals surface area contributed by atoms with Gasteiger partial charge in [0.05, 0.1) is 11.4 Å². The lowest BCUT2D eigenvalue weighted by molar-refractivity contribution is -0.128. The molecule has 1 fully saturated rings. The number of amides is 1. The van der Waals surface area contributed by atoms with Crippen molar-refractivity contribution in [3.8, 4) is 11.3 Å². The van der Waals surface area contributed by atoms with Crippen molar-refractivity contribution in [2.75, 3.05) is 18.8 Å². The largest absolute Gasteiger partial charge is 0.342 e. The van der Waals surface area contributed by atoms with Gasteiger partial charge in [0.15, 0.2) is 5.65 Å². The van der Waals surface area contributed by atoms with Crippen LogP contribution in [0, 0.1) is 0 Å². The first-order valence-electron chi connectivity index (χ1n) is 9.10. The van der Waals surface area contributed by atoms with E-state index >= 15 is 0 Å². The van der Waals surface area contributed by atoms with Gasteiger partial charge in [-0.2, -0.15) is 9.61 Å². The topological polar surface area (TPSA) is 63.4 Å². The molecule has 2 aromatic heterocycles. The van der Waals surface area contributed by atoms with Gasteiger partial charge in [0.2, 0.25) is 11.1 Å². The average molecular weight is 446 g/mol. The Balaban J connectivity index is 1.51. The molecule has 1 saturated heterocycles. The van der Waals surface area contributed by atoms with Crippen LogP contribution in [-0.4, -0.2) is 49.5 Å². The maximum absolute atomic E-state index is 12.5. The molecule has 0 radical (unpaired) electrons. The fraction of sp³-hybridized carbons (Fsp3) is 0.368. The van der Waals surface area contributed by atoms with E-state index < -0.39 is 0 Å². The quantitative estimate of drug-likeness (QED) is 0.566. The molecular weight excluding hydrogens is 426 g/mol. The van der Waals surface area contributed by atoms with E-state index in [1.54, 1.807) is 4.52 Å². The number of rotatable bonds is 4. The van der Waals surface area contributed by atoms with Crippen LogP contribution >= 0.6 is 27.7 Å². The normalized spacial score (nSPS) is 15.1. The molecule has 27 heavy (non-hydrogen) atoms. The van der Waals surface area contributed by atoms with Crippen LogP contribution in [0.4, 0.5) is 0 Å². The first-order valence-corrected chi connectivity index (χ1v) is 10.9. The lowest BCUT2D eigenvalue weighted by atomic mass is 10.1. The number of nitrogens with zero attached hydrogens (tertiary/aromatic N) is 5. The second kappa shape index (κ2) is 8.39. The molecule has 6 nitrogen and oxygen atoms in total. The smallest absolute Gasteiger partial charge is 0.233 e. The molecule has 140 valence electrons. The van der Waals surface area contributed by atoms with Crippen LogP contribution in [0.3, 0.4) is 0 Å². The highest BCUT2D eigenvalue weighted by Crippen LogP contribution is 2.23. The van der Waals surface area contributed by atoms with Crippen molar-refractivity contribution in [1.82, 2.24) is 24.7 Å². The molecule has 0 aliphatic carbocycles. The highest BCUT2D eigenvalue weighted by atomic mass is 79.9. The van der Waals surface area contributed by atoms with Crippen LogP contribution in [0.25, 0.3) is 16.9 Å². The SMILES string of the molecule is O=C(CSc1nnc2ccc(-c3ccc(Br)cc3)nn12)N1CCCCCC1. The Morgan fingerprint density at radius 2 is 1.74 bits per heavy atom. The van der Waals surface area contributed by atoms with E-state index in [0.717, 1.165) is 41.7 Å². The number of carbonyl (C=O) groups excluding carboxylic acids is 1. The number of carbonyl (C=O) groups is 1. The van der Waals surface area contributed by atoms with Gasteiger partial charge >= 0.3 is 0 Å². The number of benzene rings is 1. The molecule has 3 aromatic rings. The van der Waals surface area contributed by atoms with E-state index in [-0.39, 0.29) is 5.91 Å². The molecule has 3 heterocycles. The van der Waals surface area contributed by atoms with Crippen LogP contribution in [0.5, 0.6) is 0 Å². The summed E-state index contributed by atoms with van der Waals surface area (Å²) in [6, 6.07) is 11.8. The van der Waals surface area contributed by atoms with Crippen LogP contribution in [0.15, 0.2) is 46.0 Å². The summed E-state index contributed by atoms with van der Waals surface area (Å²) in [5, 5.41) is 13.7. The zero-order valence-corrected chi connectivity index (χ0v) is 17.2. The molecule has 1 aromatic carbocycles. The third-order valence-electron chi connectivity index (χ3n) is 4.66. The Morgan fingerprint density at radius 1 is 1.00 bits per heavy atom. The maximum Gasteiger partial charge on any atom is 0.233 e. The predicted molar refractivity (Wildman–Crippen MR) is 110 cm³/mol. The van der Waals surface area contributed by atoms with Gasteiger partial charge in [-0.1, -0.05) is 52.7 Å². The second-order valence-electron chi connectivity index (χ2n) is 6.56. The molecule has 1 aliphatic rings. The first kappa shape index (κ1) is 18.4. The molecule has 1 aliphatic heterocycles. The molecule has 0 atom stereocenters. The van der Waals surface area contributed by atoms with Crippen LogP contribution in [0.2, 0.25) is 0 Å². The zero-order valence-electron chi connectivity index (χ0n) is 14.8. The molecule has 4 rings (SSSR count). The zero-order chi connectivity index (χ0) is 18.6. The minimum absolute atomic E-state index is 0.169. The number of fused-ring (bicyclic) bond motifs is 1. The molecular formula is C19H20BrN5OS. The lowest BCUT2D eigenvalue weighted by Crippen LogP contribution is -2.33. The van der Waals surface area contributed by atoms with Crippen LogP contribution < -0.4 is 0 Å². The van der Waals surface area contributed by atoms with E-state index in [4.69, 9.17) is 0 Å². The summed E-state index contributed by atoms with van der Waals surface area (Å²) >= 11 is 4.85. The molecule has 1 amide bonds. The summed E-state index contributed by atoms with van der Waals surface area (Å²) in [6.07, 6.45) is 4.63. The highest BCUT2D eigenvalue weighted by molar-refractivity contribution is 9.10. The number of aromatic nitrogens is 4. The summed E-state index contributed by atoms with van der Waals surface area (Å²) in [4.78, 5) is 14.5. The van der Waals surface area contributed by atoms with Gasteiger partial charge in [-0.15, -0.1) is 10.2 Å². The van der Waals surface area contributed by atoms with Gasteiger partial charge in [-0.25, -0.2) is 0 Å². The third-order valence-corrected chi connectivity index (χ3v) is 6.09. The van der Waals surface area contributed by atoms with Gasteiger partial charge in [-0.3, -0.25) is 4.79 Å². The maximum atomic E-state index is 12.5. The minimum Gasteiger partial charge on any atom is -0.342 e. The van der Waals surface area contributed by atoms with Crippen molar-refractivity contribution in [3.05, 3.63) is 40.9 Å².